The van der Waals surface area contributed by atoms with Gasteiger partial charge >= 0.3 is 0 Å². The highest BCUT2D eigenvalue weighted by Gasteiger charge is 2.23. The van der Waals surface area contributed by atoms with Crippen molar-refractivity contribution in [2.75, 3.05) is 7.11 Å². The third-order valence-corrected chi connectivity index (χ3v) is 3.98. The molecule has 1 aromatic heterocycles. The molecule has 2 aromatic rings. The maximum absolute atomic E-state index is 12.4. The first-order chi connectivity index (χ1) is 12.0. The number of rotatable bonds is 7. The minimum atomic E-state index is -0.568. The summed E-state index contributed by atoms with van der Waals surface area (Å²) in [5.74, 6) is 0.407. The number of hydrogen-bond donors (Lipinski definition) is 1. The Morgan fingerprint density at radius 2 is 1.76 bits per heavy atom. The molecule has 1 heterocycles. The van der Waals surface area contributed by atoms with Gasteiger partial charge in [0.1, 0.15) is 11.8 Å². The molecule has 132 valence electrons. The lowest BCUT2D eigenvalue weighted by Crippen LogP contribution is -2.46. The number of pyridine rings is 1. The van der Waals surface area contributed by atoms with E-state index in [0.717, 1.165) is 16.9 Å². The number of hydrogen-bond acceptors (Lipinski definition) is 4. The highest BCUT2D eigenvalue weighted by Crippen LogP contribution is 2.14. The van der Waals surface area contributed by atoms with Crippen molar-refractivity contribution >= 4 is 11.8 Å². The van der Waals surface area contributed by atoms with Crippen LogP contribution in [0.15, 0.2) is 48.8 Å². The first-order valence-corrected chi connectivity index (χ1v) is 8.08. The summed E-state index contributed by atoms with van der Waals surface area (Å²) >= 11 is 0. The first-order valence-electron chi connectivity index (χ1n) is 8.08. The quantitative estimate of drug-likeness (QED) is 0.837. The first kappa shape index (κ1) is 18.4. The van der Waals surface area contributed by atoms with Crippen molar-refractivity contribution in [3.8, 4) is 5.75 Å². The van der Waals surface area contributed by atoms with Gasteiger partial charge in [0.2, 0.25) is 11.8 Å². The number of ether oxygens (including phenoxy) is 1. The largest absolute Gasteiger partial charge is 0.497 e. The second-order valence-corrected chi connectivity index (χ2v) is 5.74. The molecule has 2 rings (SSSR count). The van der Waals surface area contributed by atoms with Crippen molar-refractivity contribution in [1.29, 1.82) is 0 Å². The lowest BCUT2D eigenvalue weighted by atomic mass is 10.1. The van der Waals surface area contributed by atoms with E-state index < -0.39 is 6.04 Å². The Morgan fingerprint density at radius 1 is 1.12 bits per heavy atom. The van der Waals surface area contributed by atoms with Crippen molar-refractivity contribution < 1.29 is 14.3 Å². The summed E-state index contributed by atoms with van der Waals surface area (Å²) in [6, 6.07) is 10.5. The van der Waals surface area contributed by atoms with Crippen molar-refractivity contribution in [3.05, 3.63) is 59.9 Å². The highest BCUT2D eigenvalue weighted by atomic mass is 16.5. The molecule has 0 radical (unpaired) electrons. The molecule has 0 saturated heterocycles. The van der Waals surface area contributed by atoms with Crippen LogP contribution in [-0.2, 0) is 22.7 Å². The molecule has 0 spiro atoms. The second kappa shape index (κ2) is 8.82. The number of nitrogens with zero attached hydrogens (tertiary/aromatic N) is 2. The average Bonchev–Trinajstić information content (AvgIpc) is 2.64. The molecule has 1 N–H and O–H groups in total. The maximum atomic E-state index is 12.4. The number of carbonyl (C=O) groups excluding carboxylic acids is 2. The Balaban J connectivity index is 1.99. The minimum absolute atomic E-state index is 0.151. The highest BCUT2D eigenvalue weighted by molar-refractivity contribution is 5.86. The Hall–Kier alpha value is -2.89. The molecule has 0 saturated carbocycles. The molecule has 0 fully saturated rings. The van der Waals surface area contributed by atoms with Crippen LogP contribution in [0.25, 0.3) is 0 Å². The van der Waals surface area contributed by atoms with E-state index in [1.807, 2.05) is 36.4 Å². The molecule has 25 heavy (non-hydrogen) atoms. The van der Waals surface area contributed by atoms with Gasteiger partial charge in [0, 0.05) is 32.4 Å². The second-order valence-electron chi connectivity index (χ2n) is 5.74. The van der Waals surface area contributed by atoms with Gasteiger partial charge in [0.05, 0.1) is 7.11 Å². The van der Waals surface area contributed by atoms with Crippen LogP contribution < -0.4 is 10.1 Å². The molecule has 0 aliphatic carbocycles. The maximum Gasteiger partial charge on any atom is 0.242 e. The van der Waals surface area contributed by atoms with Gasteiger partial charge in [-0.25, -0.2) is 0 Å². The van der Waals surface area contributed by atoms with Crippen LogP contribution in [0.1, 0.15) is 25.0 Å². The summed E-state index contributed by atoms with van der Waals surface area (Å²) in [6.07, 6.45) is 3.35. The van der Waals surface area contributed by atoms with Crippen LogP contribution in [0.2, 0.25) is 0 Å². The molecule has 6 heteroatoms. The van der Waals surface area contributed by atoms with Crippen LogP contribution in [-0.4, -0.2) is 34.8 Å². The van der Waals surface area contributed by atoms with Crippen LogP contribution in [0.4, 0.5) is 0 Å². The predicted octanol–water partition coefficient (Wildman–Crippen LogP) is 2.14. The standard InChI is InChI=1S/C19H23N3O3/c1-14(19(24)21-12-16-8-10-20-11-9-16)22(15(2)23)13-17-4-6-18(25-3)7-5-17/h4-11,14H,12-13H2,1-3H3,(H,21,24)/t14-/m0/s1. The Kier molecular flexibility index (Phi) is 6.51. The normalized spacial score (nSPS) is 11.5. The van der Waals surface area contributed by atoms with E-state index in [1.165, 1.54) is 6.92 Å². The number of carbonyl (C=O) groups is 2. The van der Waals surface area contributed by atoms with Crippen LogP contribution in [0.5, 0.6) is 5.75 Å². The summed E-state index contributed by atoms with van der Waals surface area (Å²) in [5, 5.41) is 2.86. The van der Waals surface area contributed by atoms with Gasteiger partial charge < -0.3 is 15.0 Å². The number of benzene rings is 1. The van der Waals surface area contributed by atoms with Gasteiger partial charge in [-0.15, -0.1) is 0 Å². The van der Waals surface area contributed by atoms with E-state index in [4.69, 9.17) is 4.74 Å². The molecule has 0 unspecified atom stereocenters. The molecule has 0 bridgehead atoms. The monoisotopic (exact) mass is 341 g/mol. The lowest BCUT2D eigenvalue weighted by Gasteiger charge is -2.27. The summed E-state index contributed by atoms with van der Waals surface area (Å²) in [7, 11) is 1.60. The summed E-state index contributed by atoms with van der Waals surface area (Å²) in [6.45, 7) is 3.96. The fourth-order valence-corrected chi connectivity index (χ4v) is 2.43. The van der Waals surface area contributed by atoms with E-state index in [0.29, 0.717) is 13.1 Å². The predicted molar refractivity (Wildman–Crippen MR) is 94.8 cm³/mol. The SMILES string of the molecule is COc1ccc(CN(C(C)=O)[C@@H](C)C(=O)NCc2ccncc2)cc1. The summed E-state index contributed by atoms with van der Waals surface area (Å²) in [4.78, 5) is 29.9. The zero-order chi connectivity index (χ0) is 18.2. The third kappa shape index (κ3) is 5.31. The number of amides is 2. The lowest BCUT2D eigenvalue weighted by molar-refractivity contribution is -0.139. The van der Waals surface area contributed by atoms with Crippen LogP contribution in [0, 0.1) is 0 Å². The molecule has 0 aliphatic rings. The number of methoxy groups -OCH3 is 1. The van der Waals surface area contributed by atoms with Gasteiger partial charge in [-0.3, -0.25) is 14.6 Å². The van der Waals surface area contributed by atoms with Crippen molar-refractivity contribution in [2.24, 2.45) is 0 Å². The van der Waals surface area contributed by atoms with Crippen molar-refractivity contribution in [3.63, 3.8) is 0 Å². The average molecular weight is 341 g/mol. The van der Waals surface area contributed by atoms with Gasteiger partial charge in [-0.2, -0.15) is 0 Å². The van der Waals surface area contributed by atoms with Crippen molar-refractivity contribution in [2.45, 2.75) is 33.0 Å². The topological polar surface area (TPSA) is 71.5 Å². The van der Waals surface area contributed by atoms with Gasteiger partial charge in [-0.05, 0) is 42.3 Å². The molecular weight excluding hydrogens is 318 g/mol. The fourth-order valence-electron chi connectivity index (χ4n) is 2.43. The number of nitrogens with one attached hydrogen (secondary N) is 1. The minimum Gasteiger partial charge on any atom is -0.497 e. The van der Waals surface area contributed by atoms with E-state index in [-0.39, 0.29) is 11.8 Å². The Bertz CT molecular complexity index is 702. The molecule has 1 aromatic carbocycles. The molecule has 2 amide bonds. The summed E-state index contributed by atoms with van der Waals surface area (Å²) < 4.78 is 5.13. The van der Waals surface area contributed by atoms with Crippen LogP contribution >= 0.6 is 0 Å². The zero-order valence-electron chi connectivity index (χ0n) is 14.7. The van der Waals surface area contributed by atoms with Gasteiger partial charge in [-0.1, -0.05) is 12.1 Å². The number of aromatic nitrogens is 1. The van der Waals surface area contributed by atoms with E-state index in [9.17, 15) is 9.59 Å². The van der Waals surface area contributed by atoms with Gasteiger partial charge in [0.15, 0.2) is 0 Å². The van der Waals surface area contributed by atoms with E-state index >= 15 is 0 Å². The molecule has 1 atom stereocenters. The van der Waals surface area contributed by atoms with Crippen LogP contribution in [0.3, 0.4) is 0 Å². The molecule has 6 nitrogen and oxygen atoms in total. The smallest absolute Gasteiger partial charge is 0.242 e. The van der Waals surface area contributed by atoms with E-state index in [2.05, 4.69) is 10.3 Å². The molecule has 0 aliphatic heterocycles. The fraction of sp³-hybridized carbons (Fsp3) is 0.316. The van der Waals surface area contributed by atoms with Crippen molar-refractivity contribution in [1.82, 2.24) is 15.2 Å². The summed E-state index contributed by atoms with van der Waals surface area (Å²) in [5.41, 5.74) is 1.89. The third-order valence-electron chi connectivity index (χ3n) is 3.98. The Morgan fingerprint density at radius 3 is 2.32 bits per heavy atom. The van der Waals surface area contributed by atoms with Gasteiger partial charge in [0.25, 0.3) is 0 Å². The zero-order valence-corrected chi connectivity index (χ0v) is 14.7. The molecular formula is C19H23N3O3. The van der Waals surface area contributed by atoms with E-state index in [1.54, 1.807) is 31.3 Å². The Labute approximate surface area is 147 Å².